The van der Waals surface area contributed by atoms with Gasteiger partial charge < -0.3 is 24.4 Å². The van der Waals surface area contributed by atoms with E-state index in [1.807, 2.05) is 18.2 Å². The highest BCUT2D eigenvalue weighted by molar-refractivity contribution is 7.10. The summed E-state index contributed by atoms with van der Waals surface area (Å²) in [5.74, 6) is -2.18. The molecule has 3 aromatic rings. The second-order valence-electron chi connectivity index (χ2n) is 12.9. The summed E-state index contributed by atoms with van der Waals surface area (Å²) in [4.78, 5) is 45.1. The van der Waals surface area contributed by atoms with Crippen molar-refractivity contribution in [1.82, 2.24) is 14.8 Å². The molecule has 1 fully saturated rings. The van der Waals surface area contributed by atoms with Gasteiger partial charge in [0.25, 0.3) is 11.8 Å². The number of carbonyl (C=O) groups is 3. The van der Waals surface area contributed by atoms with Crippen LogP contribution in [0, 0.1) is 0 Å². The molecule has 2 aliphatic heterocycles. The van der Waals surface area contributed by atoms with Crippen LogP contribution in [0.4, 0.5) is 26.3 Å². The zero-order valence-corrected chi connectivity index (χ0v) is 29.7. The number of halogens is 6. The Morgan fingerprint density at radius 2 is 1.81 bits per heavy atom. The lowest BCUT2D eigenvalue weighted by atomic mass is 9.79. The van der Waals surface area contributed by atoms with Crippen LogP contribution in [0.5, 0.6) is 11.5 Å². The number of carbonyl (C=O) groups excluding carboxylic acids is 2. The van der Waals surface area contributed by atoms with Gasteiger partial charge in [-0.25, -0.2) is 0 Å². The molecule has 2 aromatic heterocycles. The highest BCUT2D eigenvalue weighted by Gasteiger charge is 2.56. The first-order valence-corrected chi connectivity index (χ1v) is 18.1. The summed E-state index contributed by atoms with van der Waals surface area (Å²) in [5, 5.41) is 10.0. The number of nitrogens with zero attached hydrogens (tertiary/aromatic N) is 3. The van der Waals surface area contributed by atoms with Crippen LogP contribution in [0.25, 0.3) is 5.57 Å². The molecule has 2 amide bonds. The number of aromatic nitrogens is 1. The van der Waals surface area contributed by atoms with Gasteiger partial charge in [0.15, 0.2) is 0 Å². The number of benzene rings is 1. The minimum atomic E-state index is -4.90. The molecule has 53 heavy (non-hydrogen) atoms. The fourth-order valence-corrected chi connectivity index (χ4v) is 7.54. The number of ether oxygens (including phenoxy) is 2. The summed E-state index contributed by atoms with van der Waals surface area (Å²) in [6.45, 7) is 2.30. The lowest BCUT2D eigenvalue weighted by molar-refractivity contribution is -0.159. The molecule has 1 saturated heterocycles. The normalized spacial score (nSPS) is 19.5. The van der Waals surface area contributed by atoms with Gasteiger partial charge in [0.1, 0.15) is 22.1 Å². The quantitative estimate of drug-likeness (QED) is 0.138. The number of alkyl halides is 6. The smallest absolute Gasteiger partial charge is 0.425 e. The molecule has 4 heterocycles. The fraction of sp³-hybridized carbons (Fsp3) is 0.459. The Bertz CT molecular complexity index is 1810. The number of thiophene rings is 1. The SMILES string of the molecule is CCCC1N(C(=O)c2ncccc2C(F)(F)F)CCCC1(Oc1csc(C(F)(F)F)c1)C(=O)N1CC=C(c2ccccc2OCCCCC(=O)O)CC1. The van der Waals surface area contributed by atoms with E-state index in [0.29, 0.717) is 49.4 Å². The van der Waals surface area contributed by atoms with Gasteiger partial charge in [-0.15, -0.1) is 11.3 Å². The molecule has 2 aliphatic rings. The van der Waals surface area contributed by atoms with E-state index in [4.69, 9.17) is 14.6 Å². The molecule has 16 heteroatoms. The number of piperidine rings is 1. The molecule has 2 atom stereocenters. The number of rotatable bonds is 13. The van der Waals surface area contributed by atoms with Crippen LogP contribution in [0.15, 0.2) is 60.1 Å². The van der Waals surface area contributed by atoms with Gasteiger partial charge >= 0.3 is 18.3 Å². The zero-order chi connectivity index (χ0) is 38.4. The predicted octanol–water partition coefficient (Wildman–Crippen LogP) is 8.35. The number of aliphatic carboxylic acids is 1. The van der Waals surface area contributed by atoms with E-state index in [1.54, 1.807) is 19.1 Å². The van der Waals surface area contributed by atoms with E-state index >= 15 is 0 Å². The Morgan fingerprint density at radius 3 is 2.47 bits per heavy atom. The summed E-state index contributed by atoms with van der Waals surface area (Å²) < 4.78 is 95.2. The number of hydrogen-bond donors (Lipinski definition) is 1. The van der Waals surface area contributed by atoms with Crippen LogP contribution in [0.3, 0.4) is 0 Å². The minimum Gasteiger partial charge on any atom is -0.493 e. The number of para-hydroxylation sites is 1. The van der Waals surface area contributed by atoms with Crippen LogP contribution in [0.1, 0.15) is 84.8 Å². The second-order valence-corrected chi connectivity index (χ2v) is 13.8. The molecule has 286 valence electrons. The summed E-state index contributed by atoms with van der Waals surface area (Å²) in [6, 6.07) is 8.75. The average Bonchev–Trinajstić information content (AvgIpc) is 3.61. The van der Waals surface area contributed by atoms with Crippen LogP contribution in [-0.4, -0.2) is 75.6 Å². The molecule has 5 rings (SSSR count). The molecular weight excluding hydrogens is 728 g/mol. The first kappa shape index (κ1) is 39.6. The first-order valence-electron chi connectivity index (χ1n) is 17.3. The summed E-state index contributed by atoms with van der Waals surface area (Å²) in [6.07, 6.45) is -4.70. The number of likely N-dealkylation sites (tertiary alicyclic amines) is 1. The highest BCUT2D eigenvalue weighted by atomic mass is 32.1. The maximum atomic E-state index is 14.8. The van der Waals surface area contributed by atoms with E-state index in [0.717, 1.165) is 45.8 Å². The Labute approximate surface area is 306 Å². The number of carboxylic acids is 1. The van der Waals surface area contributed by atoms with Crippen molar-refractivity contribution >= 4 is 34.7 Å². The van der Waals surface area contributed by atoms with Crippen molar-refractivity contribution in [3.05, 3.63) is 81.8 Å². The number of amides is 2. The van der Waals surface area contributed by atoms with Crippen molar-refractivity contribution in [3.8, 4) is 11.5 Å². The van der Waals surface area contributed by atoms with Crippen LogP contribution in [-0.2, 0) is 21.9 Å². The maximum absolute atomic E-state index is 14.8. The molecule has 9 nitrogen and oxygen atoms in total. The maximum Gasteiger partial charge on any atom is 0.425 e. The Kier molecular flexibility index (Phi) is 12.4. The van der Waals surface area contributed by atoms with Gasteiger partial charge in [-0.3, -0.25) is 19.4 Å². The monoisotopic (exact) mass is 767 g/mol. The summed E-state index contributed by atoms with van der Waals surface area (Å²) in [7, 11) is 0. The van der Waals surface area contributed by atoms with Crippen molar-refractivity contribution in [2.24, 2.45) is 0 Å². The van der Waals surface area contributed by atoms with E-state index in [1.165, 1.54) is 4.90 Å². The van der Waals surface area contributed by atoms with Gasteiger partial charge in [0.05, 0.1) is 18.2 Å². The standard InChI is InChI=1S/C37H39F6N3O6S/c1-2-9-29-35(52-25-22-30(53-23-25)37(41,42)43,16-8-18-46(29)33(49)32-27(36(38,39)40)11-7-17-44-32)34(50)45-19-14-24(15-20-45)26-10-3-4-12-28(26)51-21-6-5-13-31(47)48/h3-4,7,10-12,14,17,22-23,29H,2,5-6,8-9,13,15-16,18-21H2,1H3,(H,47,48). The van der Waals surface area contributed by atoms with Gasteiger partial charge in [-0.05, 0) is 55.9 Å². The summed E-state index contributed by atoms with van der Waals surface area (Å²) in [5.41, 5.74) is -2.35. The van der Waals surface area contributed by atoms with Gasteiger partial charge in [0.2, 0.25) is 5.60 Å². The third-order valence-corrected chi connectivity index (χ3v) is 10.2. The lowest BCUT2D eigenvalue weighted by Crippen LogP contribution is -2.68. The Hall–Kier alpha value is -4.60. The molecule has 0 saturated carbocycles. The van der Waals surface area contributed by atoms with Crippen LogP contribution in [0.2, 0.25) is 0 Å². The molecule has 0 aliphatic carbocycles. The number of carboxylic acid groups (broad SMARTS) is 1. The molecule has 1 aromatic carbocycles. The molecule has 1 N–H and O–H groups in total. The van der Waals surface area contributed by atoms with Gasteiger partial charge in [0, 0.05) is 55.7 Å². The Morgan fingerprint density at radius 1 is 1.04 bits per heavy atom. The van der Waals surface area contributed by atoms with E-state index in [-0.39, 0.29) is 51.1 Å². The van der Waals surface area contributed by atoms with Gasteiger partial charge in [-0.1, -0.05) is 37.6 Å². The molecule has 0 bridgehead atoms. The molecule has 0 spiro atoms. The van der Waals surface area contributed by atoms with E-state index in [2.05, 4.69) is 4.98 Å². The first-order chi connectivity index (χ1) is 25.2. The fourth-order valence-electron chi connectivity index (χ4n) is 6.86. The average molecular weight is 768 g/mol. The number of hydrogen-bond acceptors (Lipinski definition) is 7. The topological polar surface area (TPSA) is 109 Å². The number of pyridine rings is 1. The molecular formula is C37H39F6N3O6S. The van der Waals surface area contributed by atoms with Crippen LogP contribution < -0.4 is 9.47 Å². The van der Waals surface area contributed by atoms with Crippen molar-refractivity contribution in [2.45, 2.75) is 82.3 Å². The van der Waals surface area contributed by atoms with E-state index in [9.17, 15) is 40.7 Å². The predicted molar refractivity (Wildman–Crippen MR) is 183 cm³/mol. The van der Waals surface area contributed by atoms with E-state index < -0.39 is 57.9 Å². The highest BCUT2D eigenvalue weighted by Crippen LogP contribution is 2.43. The number of unbranched alkanes of at least 4 members (excludes halogenated alkanes) is 1. The summed E-state index contributed by atoms with van der Waals surface area (Å²) >= 11 is 0.385. The van der Waals surface area contributed by atoms with Crippen molar-refractivity contribution in [3.63, 3.8) is 0 Å². The third kappa shape index (κ3) is 9.14. The van der Waals surface area contributed by atoms with Crippen molar-refractivity contribution < 1.29 is 55.3 Å². The largest absolute Gasteiger partial charge is 0.493 e. The van der Waals surface area contributed by atoms with Crippen LogP contribution >= 0.6 is 11.3 Å². The molecule has 0 radical (unpaired) electrons. The van der Waals surface area contributed by atoms with Crippen molar-refractivity contribution in [2.75, 3.05) is 26.2 Å². The minimum absolute atomic E-state index is 0.00253. The van der Waals surface area contributed by atoms with Gasteiger partial charge in [-0.2, -0.15) is 26.3 Å². The molecule has 2 unspecified atom stereocenters. The third-order valence-electron chi connectivity index (χ3n) is 9.29. The lowest BCUT2D eigenvalue weighted by Gasteiger charge is -2.50. The van der Waals surface area contributed by atoms with Crippen molar-refractivity contribution in [1.29, 1.82) is 0 Å². The Balaban J connectivity index is 1.47. The zero-order valence-electron chi connectivity index (χ0n) is 28.8. The second kappa shape index (κ2) is 16.6.